The molecule has 5 heterocycles. The number of nitrogens with zero attached hydrogens (tertiary/aromatic N) is 4. The lowest BCUT2D eigenvalue weighted by Crippen LogP contribution is -2.51. The van der Waals surface area contributed by atoms with Crippen molar-refractivity contribution in [1.82, 2.24) is 25.2 Å². The van der Waals surface area contributed by atoms with E-state index in [9.17, 15) is 4.79 Å². The summed E-state index contributed by atoms with van der Waals surface area (Å²) in [5.74, 6) is 1.52. The quantitative estimate of drug-likeness (QED) is 0.678. The molecule has 3 aromatic rings. The van der Waals surface area contributed by atoms with Crippen LogP contribution in [0.25, 0.3) is 11.0 Å². The number of aromatic nitrogens is 3. The van der Waals surface area contributed by atoms with E-state index >= 15 is 0 Å². The lowest BCUT2D eigenvalue weighted by Gasteiger charge is -2.36. The number of anilines is 1. The lowest BCUT2D eigenvalue weighted by molar-refractivity contribution is 0.176. The van der Waals surface area contributed by atoms with Crippen molar-refractivity contribution in [2.75, 3.05) is 31.1 Å². The van der Waals surface area contributed by atoms with Crippen molar-refractivity contribution in [3.63, 3.8) is 0 Å². The molecule has 7 heteroatoms. The molecule has 2 N–H and O–H groups in total. The maximum atomic E-state index is 12.8. The third-order valence-corrected chi connectivity index (χ3v) is 6.73. The number of hydrogen-bond acceptors (Lipinski definition) is 4. The number of nitrogens with one attached hydrogen (secondary N) is 2. The standard InChI is InChI=1S/C24H30N6O/c1-17-4-2-6-22(27-17)29-14-9-19(10-15-29)28-24(31)30-12-7-18(8-13-30)21-16-26-23-20(21)5-3-11-25-23/h2-6,11,16,18-19H,7-10,12-15H2,1H3,(H,25,26)(H,28,31). The van der Waals surface area contributed by atoms with Crippen LogP contribution in [-0.2, 0) is 0 Å². The number of pyridine rings is 2. The van der Waals surface area contributed by atoms with Crippen molar-refractivity contribution in [2.45, 2.75) is 44.6 Å². The first kappa shape index (κ1) is 19.8. The fraction of sp³-hybridized carbons (Fsp3) is 0.458. The fourth-order valence-corrected chi connectivity index (χ4v) is 4.93. The Bertz CT molecular complexity index is 1050. The molecule has 0 aromatic carbocycles. The van der Waals surface area contributed by atoms with Crippen molar-refractivity contribution in [1.29, 1.82) is 0 Å². The lowest BCUT2D eigenvalue weighted by atomic mass is 9.89. The molecule has 0 saturated carbocycles. The Morgan fingerprint density at radius 1 is 1.06 bits per heavy atom. The highest BCUT2D eigenvalue weighted by Crippen LogP contribution is 2.32. The normalized spacial score (nSPS) is 18.5. The Balaban J connectivity index is 1.11. The van der Waals surface area contributed by atoms with Crippen LogP contribution in [0.5, 0.6) is 0 Å². The molecule has 3 aromatic heterocycles. The number of urea groups is 1. The van der Waals surface area contributed by atoms with E-state index in [0.717, 1.165) is 69.0 Å². The van der Waals surface area contributed by atoms with E-state index in [2.05, 4.69) is 49.6 Å². The van der Waals surface area contributed by atoms with Gasteiger partial charge in [-0.25, -0.2) is 14.8 Å². The minimum atomic E-state index is 0.0890. The van der Waals surface area contributed by atoms with Gasteiger partial charge in [-0.3, -0.25) is 0 Å². The summed E-state index contributed by atoms with van der Waals surface area (Å²) in [6, 6.07) is 10.6. The SMILES string of the molecule is Cc1cccc(N2CCC(NC(=O)N3CCC(c4c[nH]c5ncccc45)CC3)CC2)n1. The van der Waals surface area contributed by atoms with Gasteiger partial charge in [0.05, 0.1) is 0 Å². The minimum absolute atomic E-state index is 0.0890. The molecule has 2 amide bonds. The molecule has 5 rings (SSSR count). The van der Waals surface area contributed by atoms with E-state index < -0.39 is 0 Å². The molecule has 0 bridgehead atoms. The van der Waals surface area contributed by atoms with Crippen LogP contribution in [0.2, 0.25) is 0 Å². The van der Waals surface area contributed by atoms with Gasteiger partial charge < -0.3 is 20.1 Å². The molecule has 0 unspecified atom stereocenters. The Morgan fingerprint density at radius 3 is 2.65 bits per heavy atom. The first-order chi connectivity index (χ1) is 15.2. The molecular formula is C24H30N6O. The number of rotatable bonds is 3. The average Bonchev–Trinajstić information content (AvgIpc) is 3.24. The topological polar surface area (TPSA) is 77.2 Å². The number of H-pyrrole nitrogens is 1. The molecule has 2 aliphatic rings. The van der Waals surface area contributed by atoms with Gasteiger partial charge in [0.25, 0.3) is 0 Å². The van der Waals surface area contributed by atoms with E-state index in [0.29, 0.717) is 5.92 Å². The Hall–Kier alpha value is -3.09. The predicted molar refractivity (Wildman–Crippen MR) is 122 cm³/mol. The highest BCUT2D eigenvalue weighted by Gasteiger charge is 2.28. The number of hydrogen-bond donors (Lipinski definition) is 2. The van der Waals surface area contributed by atoms with Crippen molar-refractivity contribution in [3.8, 4) is 0 Å². The van der Waals surface area contributed by atoms with Gasteiger partial charge in [0.1, 0.15) is 11.5 Å². The Labute approximate surface area is 182 Å². The molecule has 0 atom stereocenters. The Kier molecular flexibility index (Phi) is 5.49. The first-order valence-electron chi connectivity index (χ1n) is 11.3. The van der Waals surface area contributed by atoms with E-state index in [1.54, 1.807) is 0 Å². The molecule has 0 radical (unpaired) electrons. The van der Waals surface area contributed by atoms with Gasteiger partial charge >= 0.3 is 6.03 Å². The maximum Gasteiger partial charge on any atom is 0.317 e. The fourth-order valence-electron chi connectivity index (χ4n) is 4.93. The number of aryl methyl sites for hydroxylation is 1. The van der Waals surface area contributed by atoms with Crippen molar-refractivity contribution in [2.24, 2.45) is 0 Å². The third kappa shape index (κ3) is 4.22. The molecule has 2 aliphatic heterocycles. The largest absolute Gasteiger partial charge is 0.356 e. The van der Waals surface area contributed by atoms with Gasteiger partial charge in [-0.05, 0) is 68.4 Å². The molecule has 0 spiro atoms. The van der Waals surface area contributed by atoms with Crippen LogP contribution in [0.15, 0.2) is 42.7 Å². The zero-order valence-corrected chi connectivity index (χ0v) is 18.1. The molecule has 31 heavy (non-hydrogen) atoms. The smallest absolute Gasteiger partial charge is 0.317 e. The molecule has 2 fully saturated rings. The van der Waals surface area contributed by atoms with Gasteiger partial charge in [0, 0.05) is 55.7 Å². The summed E-state index contributed by atoms with van der Waals surface area (Å²) in [6.45, 7) is 5.48. The maximum absolute atomic E-state index is 12.8. The van der Waals surface area contributed by atoms with Crippen LogP contribution in [0, 0.1) is 6.92 Å². The second-order valence-electron chi connectivity index (χ2n) is 8.75. The van der Waals surface area contributed by atoms with Gasteiger partial charge in [-0.15, -0.1) is 0 Å². The van der Waals surface area contributed by atoms with Gasteiger partial charge in [-0.1, -0.05) is 6.07 Å². The summed E-state index contributed by atoms with van der Waals surface area (Å²) >= 11 is 0. The van der Waals surface area contributed by atoms with Crippen LogP contribution < -0.4 is 10.2 Å². The summed E-state index contributed by atoms with van der Waals surface area (Å²) in [5.41, 5.74) is 3.32. The number of amides is 2. The highest BCUT2D eigenvalue weighted by molar-refractivity contribution is 5.80. The summed E-state index contributed by atoms with van der Waals surface area (Å²) in [7, 11) is 0. The van der Waals surface area contributed by atoms with Gasteiger partial charge in [-0.2, -0.15) is 0 Å². The predicted octanol–water partition coefficient (Wildman–Crippen LogP) is 3.82. The number of likely N-dealkylation sites (tertiary alicyclic amines) is 1. The van der Waals surface area contributed by atoms with E-state index in [1.165, 1.54) is 10.9 Å². The van der Waals surface area contributed by atoms with Crippen LogP contribution in [0.3, 0.4) is 0 Å². The third-order valence-electron chi connectivity index (χ3n) is 6.73. The number of aromatic amines is 1. The van der Waals surface area contributed by atoms with Crippen LogP contribution >= 0.6 is 0 Å². The zero-order chi connectivity index (χ0) is 21.2. The second kappa shape index (κ2) is 8.57. The monoisotopic (exact) mass is 418 g/mol. The second-order valence-corrected chi connectivity index (χ2v) is 8.75. The van der Waals surface area contributed by atoms with E-state index in [-0.39, 0.29) is 12.1 Å². The summed E-state index contributed by atoms with van der Waals surface area (Å²) in [5, 5.41) is 4.48. The summed E-state index contributed by atoms with van der Waals surface area (Å²) in [6.07, 6.45) is 7.81. The highest BCUT2D eigenvalue weighted by atomic mass is 16.2. The average molecular weight is 419 g/mol. The van der Waals surface area contributed by atoms with Crippen LogP contribution in [0.1, 0.15) is 42.9 Å². The zero-order valence-electron chi connectivity index (χ0n) is 18.1. The van der Waals surface area contributed by atoms with Crippen LogP contribution in [-0.4, -0.2) is 58.1 Å². The number of piperidine rings is 2. The molecule has 0 aliphatic carbocycles. The van der Waals surface area contributed by atoms with Crippen LogP contribution in [0.4, 0.5) is 10.6 Å². The summed E-state index contributed by atoms with van der Waals surface area (Å²) < 4.78 is 0. The van der Waals surface area contributed by atoms with E-state index in [1.807, 2.05) is 30.2 Å². The van der Waals surface area contributed by atoms with Gasteiger partial charge in [0.2, 0.25) is 0 Å². The van der Waals surface area contributed by atoms with Crippen molar-refractivity contribution >= 4 is 22.9 Å². The van der Waals surface area contributed by atoms with Gasteiger partial charge in [0.15, 0.2) is 0 Å². The molecular weight excluding hydrogens is 388 g/mol. The Morgan fingerprint density at radius 2 is 1.87 bits per heavy atom. The molecule has 7 nitrogen and oxygen atoms in total. The number of fused-ring (bicyclic) bond motifs is 1. The van der Waals surface area contributed by atoms with Crippen molar-refractivity contribution in [3.05, 3.63) is 54.0 Å². The van der Waals surface area contributed by atoms with E-state index in [4.69, 9.17) is 0 Å². The molecule has 162 valence electrons. The molecule has 2 saturated heterocycles. The number of carbonyl (C=O) groups is 1. The van der Waals surface area contributed by atoms with Crippen molar-refractivity contribution < 1.29 is 4.79 Å². The number of carbonyl (C=O) groups excluding carboxylic acids is 1. The first-order valence-corrected chi connectivity index (χ1v) is 11.3. The summed E-state index contributed by atoms with van der Waals surface area (Å²) in [4.78, 5) is 29.4. The minimum Gasteiger partial charge on any atom is -0.356 e.